The highest BCUT2D eigenvalue weighted by atomic mass is 35.5. The number of methoxy groups -OCH3 is 2. The smallest absolute Gasteiger partial charge is 0.491 e. The highest BCUT2D eigenvalue weighted by Gasteiger charge is 2.52. The number of nitrogens with zero attached hydrogens (tertiary/aromatic N) is 2. The molecule has 16 heteroatoms. The van der Waals surface area contributed by atoms with Crippen LogP contribution in [-0.2, 0) is 57.3 Å². The third-order valence-corrected chi connectivity index (χ3v) is 15.9. The Morgan fingerprint density at radius 1 is 0.639 bits per heavy atom. The molecule has 0 radical (unpaired) electrons. The fourth-order valence-electron chi connectivity index (χ4n) is 10.7. The molecule has 4 N–H and O–H groups in total. The number of H-pyrrole nitrogens is 2. The van der Waals surface area contributed by atoms with E-state index in [1.165, 1.54) is 11.1 Å². The second kappa shape index (κ2) is 18.8. The number of carbonyl (C=O) groups excluding carboxylic acids is 2. The molecule has 7 aliphatic rings. The van der Waals surface area contributed by atoms with Gasteiger partial charge in [-0.05, 0) is 143 Å². The Bertz CT molecular complexity index is 3070. The van der Waals surface area contributed by atoms with Gasteiger partial charge in [0.2, 0.25) is 0 Å². The van der Waals surface area contributed by atoms with Crippen molar-refractivity contribution in [3.63, 3.8) is 0 Å². The fraction of sp³-hybridized carbons (Fsp3) is 0.429. The molecule has 2 aromatic carbocycles. The molecule has 374 valence electrons. The first-order valence-corrected chi connectivity index (χ1v) is 25.6. The molecule has 13 rings (SSSR count). The summed E-state index contributed by atoms with van der Waals surface area (Å²) in [6, 6.07) is 19.9. The largest absolute Gasteiger partial charge is 0.494 e. The van der Waals surface area contributed by atoms with Crippen LogP contribution in [0.2, 0.25) is 5.15 Å². The molecule has 14 nitrogen and oxygen atoms in total. The van der Waals surface area contributed by atoms with E-state index in [2.05, 4.69) is 31.7 Å². The van der Waals surface area contributed by atoms with Gasteiger partial charge in [0, 0.05) is 78.6 Å². The van der Waals surface area contributed by atoms with Gasteiger partial charge < -0.3 is 48.9 Å². The van der Waals surface area contributed by atoms with E-state index in [1.54, 1.807) is 14.2 Å². The molecule has 2 amide bonds. The maximum absolute atomic E-state index is 12.9. The number of nitrogens with one attached hydrogen (secondary N) is 4. The number of rotatable bonds is 10. The SMILES string of the molecule is COCCOc1cccc(-c2cc3c(cn2)CCc2c-3[nH]c3c2C(=O)NC2(CC2)C3)c1.COCCOc1cccc(B2OC(C)(C)C(C)(C)O2)c1.O=C1NC2(CC2)Cc2[nH]c3c(c21)CCc1cnc(Cl)cc1-3. The minimum atomic E-state index is -0.356. The second-order valence-electron chi connectivity index (χ2n) is 21.2. The van der Waals surface area contributed by atoms with E-state index < -0.39 is 0 Å². The summed E-state index contributed by atoms with van der Waals surface area (Å²) in [6.07, 6.45) is 13.6. The van der Waals surface area contributed by atoms with Crippen LogP contribution in [0.3, 0.4) is 0 Å². The van der Waals surface area contributed by atoms with Crippen molar-refractivity contribution in [2.24, 2.45) is 0 Å². The highest BCUT2D eigenvalue weighted by Crippen LogP contribution is 2.47. The molecule has 4 aliphatic carbocycles. The molecule has 7 heterocycles. The number of carbonyl (C=O) groups is 2. The average Bonchev–Trinajstić information content (AvgIpc) is 4.17. The van der Waals surface area contributed by atoms with Crippen LogP contribution in [0.5, 0.6) is 11.5 Å². The Balaban J connectivity index is 0.000000121. The van der Waals surface area contributed by atoms with Crippen molar-refractivity contribution in [1.82, 2.24) is 30.6 Å². The number of aromatic nitrogens is 4. The predicted octanol–water partition coefficient (Wildman–Crippen LogP) is 8.34. The van der Waals surface area contributed by atoms with E-state index in [9.17, 15) is 9.59 Å². The maximum Gasteiger partial charge on any atom is 0.494 e. The first-order valence-electron chi connectivity index (χ1n) is 25.2. The zero-order valence-electron chi connectivity index (χ0n) is 41.9. The van der Waals surface area contributed by atoms with Crippen LogP contribution < -0.4 is 25.6 Å². The monoisotopic (exact) mass is 992 g/mol. The predicted molar refractivity (Wildman–Crippen MR) is 276 cm³/mol. The van der Waals surface area contributed by atoms with Crippen molar-refractivity contribution in [3.8, 4) is 45.3 Å². The van der Waals surface area contributed by atoms with Crippen LogP contribution in [0.4, 0.5) is 0 Å². The normalized spacial score (nSPS) is 19.1. The van der Waals surface area contributed by atoms with Gasteiger partial charge in [0.25, 0.3) is 11.8 Å². The van der Waals surface area contributed by atoms with Crippen LogP contribution in [0, 0.1) is 0 Å². The standard InChI is InChI=1S/C25H25N3O3.C16H14ClN3O.C15H23BO4/c1-30-9-10-31-17-4-2-3-15(11-17)20-12-19-16(14-26-20)5-6-18-22-21(27-23(18)19)13-25(7-8-25)28-24(22)29;17-12-5-10-8(7-18-12)1-2-9-13-11(19-14(9)10)6-16(3-4-16)20-15(13)21;1-14(2)15(3,4)20-16(19-14)12-7-6-8-13(11-12)18-10-9-17-5/h2-4,11-12,14,27H,5-10,13H2,1H3,(H,28,29);5,7,19H,1-4,6H2,(H,20,21);6-8,11H,9-10H2,1-5H3. The minimum absolute atomic E-state index is 0.00696. The Morgan fingerprint density at radius 2 is 1.15 bits per heavy atom. The van der Waals surface area contributed by atoms with Gasteiger partial charge in [-0.15, -0.1) is 0 Å². The highest BCUT2D eigenvalue weighted by molar-refractivity contribution is 6.62. The summed E-state index contributed by atoms with van der Waals surface area (Å²) in [5, 5.41) is 6.95. The van der Waals surface area contributed by atoms with E-state index in [-0.39, 0.29) is 41.2 Å². The van der Waals surface area contributed by atoms with Crippen molar-refractivity contribution in [3.05, 3.63) is 123 Å². The number of hydrogen-bond donors (Lipinski definition) is 4. The first kappa shape index (κ1) is 48.3. The summed E-state index contributed by atoms with van der Waals surface area (Å²) < 4.78 is 33.5. The topological polar surface area (TPSA) is 171 Å². The molecule has 4 aromatic heterocycles. The summed E-state index contributed by atoms with van der Waals surface area (Å²) in [4.78, 5) is 41.4. The molecule has 1 saturated heterocycles. The number of pyridine rings is 2. The number of aryl methyl sites for hydroxylation is 2. The third kappa shape index (κ3) is 9.34. The van der Waals surface area contributed by atoms with E-state index >= 15 is 0 Å². The Labute approximate surface area is 425 Å². The van der Waals surface area contributed by atoms with Crippen LogP contribution >= 0.6 is 11.6 Å². The molecule has 2 spiro atoms. The molecule has 0 bridgehead atoms. The molecular weight excluding hydrogens is 931 g/mol. The molecule has 3 fully saturated rings. The summed E-state index contributed by atoms with van der Waals surface area (Å²) in [5.74, 6) is 1.79. The van der Waals surface area contributed by atoms with Gasteiger partial charge >= 0.3 is 7.12 Å². The van der Waals surface area contributed by atoms with E-state index in [0.29, 0.717) is 31.6 Å². The number of fused-ring (bicyclic) bond motifs is 10. The van der Waals surface area contributed by atoms with E-state index in [0.717, 1.165) is 149 Å². The number of halogens is 1. The first-order chi connectivity index (χ1) is 34.7. The second-order valence-corrected chi connectivity index (χ2v) is 21.6. The number of ether oxygens (including phenoxy) is 4. The fourth-order valence-corrected chi connectivity index (χ4v) is 10.8. The Morgan fingerprint density at radius 3 is 1.69 bits per heavy atom. The molecule has 6 aromatic rings. The number of hydrogen-bond acceptors (Lipinski definition) is 10. The lowest BCUT2D eigenvalue weighted by atomic mass is 9.79. The van der Waals surface area contributed by atoms with Crippen LogP contribution in [0.15, 0.2) is 73.1 Å². The Hall–Kier alpha value is -5.97. The van der Waals surface area contributed by atoms with Crippen molar-refractivity contribution in [1.29, 1.82) is 0 Å². The van der Waals surface area contributed by atoms with E-state index in [4.69, 9.17) is 44.8 Å². The molecular formula is C56H62BClN6O8. The Kier molecular flexibility index (Phi) is 12.6. The van der Waals surface area contributed by atoms with Gasteiger partial charge in [-0.1, -0.05) is 35.9 Å². The van der Waals surface area contributed by atoms with Crippen molar-refractivity contribution < 1.29 is 37.8 Å². The van der Waals surface area contributed by atoms with Crippen LogP contribution in [0.1, 0.15) is 108 Å². The lowest BCUT2D eigenvalue weighted by molar-refractivity contribution is 0.00578. The van der Waals surface area contributed by atoms with Crippen molar-refractivity contribution in [2.75, 3.05) is 40.6 Å². The van der Waals surface area contributed by atoms with Gasteiger partial charge in [0.05, 0.1) is 52.6 Å². The van der Waals surface area contributed by atoms with Gasteiger partial charge in [0.15, 0.2) is 0 Å². The van der Waals surface area contributed by atoms with Gasteiger partial charge in [-0.25, -0.2) is 4.98 Å². The van der Waals surface area contributed by atoms with Gasteiger partial charge in [-0.3, -0.25) is 14.6 Å². The van der Waals surface area contributed by atoms with Gasteiger partial charge in [-0.2, -0.15) is 0 Å². The molecule has 0 unspecified atom stereocenters. The van der Waals surface area contributed by atoms with Crippen LogP contribution in [0.25, 0.3) is 33.8 Å². The lowest BCUT2D eigenvalue weighted by Gasteiger charge is -2.32. The van der Waals surface area contributed by atoms with Crippen LogP contribution in [-0.4, -0.2) is 102 Å². The maximum atomic E-state index is 12.9. The quantitative estimate of drug-likeness (QED) is 0.0595. The summed E-state index contributed by atoms with van der Waals surface area (Å²) in [7, 11) is 2.97. The number of benzene rings is 2. The number of amides is 2. The van der Waals surface area contributed by atoms with Crippen molar-refractivity contribution in [2.45, 2.75) is 114 Å². The number of aromatic amines is 2. The lowest BCUT2D eigenvalue weighted by Crippen LogP contribution is -2.43. The summed E-state index contributed by atoms with van der Waals surface area (Å²) in [5.41, 5.74) is 15.4. The zero-order valence-corrected chi connectivity index (χ0v) is 42.7. The molecule has 2 saturated carbocycles. The van der Waals surface area contributed by atoms with Crippen molar-refractivity contribution >= 4 is 36.0 Å². The van der Waals surface area contributed by atoms with E-state index in [1.807, 2.05) is 94.7 Å². The molecule has 3 aliphatic heterocycles. The molecule has 72 heavy (non-hydrogen) atoms. The average molecular weight is 993 g/mol. The summed E-state index contributed by atoms with van der Waals surface area (Å²) in [6.45, 7) is 10.4. The third-order valence-electron chi connectivity index (χ3n) is 15.7. The summed E-state index contributed by atoms with van der Waals surface area (Å²) >= 11 is 6.05. The zero-order chi connectivity index (χ0) is 50.0. The molecule has 0 atom stereocenters. The van der Waals surface area contributed by atoms with Gasteiger partial charge in [0.1, 0.15) is 29.9 Å². The minimum Gasteiger partial charge on any atom is -0.491 e.